The molecular weight excluding hydrogens is 559 g/mol. The lowest BCUT2D eigenvalue weighted by Gasteiger charge is -2.29. The van der Waals surface area contributed by atoms with Gasteiger partial charge in [0.1, 0.15) is 5.61 Å². The zero-order chi connectivity index (χ0) is 25.9. The van der Waals surface area contributed by atoms with Gasteiger partial charge in [-0.25, -0.2) is 0 Å². The monoisotopic (exact) mass is 588 g/mol. The summed E-state index contributed by atoms with van der Waals surface area (Å²) in [5.74, 6) is 1.63. The van der Waals surface area contributed by atoms with E-state index in [0.29, 0.717) is 0 Å². The van der Waals surface area contributed by atoms with E-state index in [-0.39, 0.29) is 0 Å². The molecule has 0 fully saturated rings. The first-order valence-corrected chi connectivity index (χ1v) is 20.1. The van der Waals surface area contributed by atoms with Crippen molar-refractivity contribution in [2.24, 2.45) is 5.50 Å². The first kappa shape index (κ1) is 29.1. The Labute approximate surface area is 233 Å². The number of nitrogens with zero attached hydrogens (tertiary/aromatic N) is 1. The van der Waals surface area contributed by atoms with Gasteiger partial charge in [0.05, 0.1) is 0 Å². The molecule has 4 aromatic carbocycles. The smallest absolute Gasteiger partial charge is 0.159 e. The van der Waals surface area contributed by atoms with Gasteiger partial charge in [0.25, 0.3) is 0 Å². The van der Waals surface area contributed by atoms with Crippen LogP contribution >= 0.6 is 58.5 Å². The summed E-state index contributed by atoms with van der Waals surface area (Å²) in [6.07, 6.45) is 0. The molecule has 4 aromatic rings. The molecule has 4 nitrogen and oxygen atoms in total. The number of benzene rings is 4. The van der Waals surface area contributed by atoms with Crippen molar-refractivity contribution in [3.8, 4) is 0 Å². The van der Waals surface area contributed by atoms with Crippen molar-refractivity contribution < 1.29 is 0 Å². The first-order valence-electron chi connectivity index (χ1n) is 11.0. The fraction of sp³-hybridized carbons (Fsp3) is 0.0769. The molecular formula is C26H30N4P2S4. The van der Waals surface area contributed by atoms with E-state index in [0.717, 1.165) is 22.9 Å². The number of nitrogens with one attached hydrogen (secondary N) is 2. The van der Waals surface area contributed by atoms with E-state index in [2.05, 4.69) is 48.8 Å². The van der Waals surface area contributed by atoms with Crippen molar-refractivity contribution in [3.05, 3.63) is 132 Å². The number of anilines is 2. The maximum absolute atomic E-state index is 8.24. The first-order chi connectivity index (χ1) is 17.2. The fourth-order valence-electron chi connectivity index (χ4n) is 3.14. The predicted molar refractivity (Wildman–Crippen MR) is 172 cm³/mol. The lowest BCUT2D eigenvalue weighted by Crippen LogP contribution is -2.07. The summed E-state index contributed by atoms with van der Waals surface area (Å²) >= 11 is 11.8. The van der Waals surface area contributed by atoms with Crippen LogP contribution in [0.15, 0.2) is 121 Å². The van der Waals surface area contributed by atoms with Gasteiger partial charge in [-0.3, -0.25) is 20.5 Å². The van der Waals surface area contributed by atoms with E-state index < -0.39 is 11.2 Å². The average molecular weight is 589 g/mol. The van der Waals surface area contributed by atoms with Crippen LogP contribution in [0.1, 0.15) is 11.1 Å². The normalized spacial score (nSPS) is 11.3. The third-order valence-corrected chi connectivity index (χ3v) is 13.6. The Hall–Kier alpha value is -1.50. The number of hydrogen-bond acceptors (Lipinski definition) is 4. The Morgan fingerprint density at radius 2 is 0.889 bits per heavy atom. The van der Waals surface area contributed by atoms with Crippen molar-refractivity contribution in [1.82, 2.24) is 0 Å². The summed E-state index contributed by atoms with van der Waals surface area (Å²) < 4.78 is 1.86. The summed E-state index contributed by atoms with van der Waals surface area (Å²) in [6, 6.07) is 39.9. The molecule has 0 aliphatic carbocycles. The molecule has 36 heavy (non-hydrogen) atoms. The molecule has 0 heterocycles. The molecule has 0 saturated carbocycles. The highest BCUT2D eigenvalue weighted by Gasteiger charge is 2.19. The summed E-state index contributed by atoms with van der Waals surface area (Å²) in [7, 11) is 0. The van der Waals surface area contributed by atoms with Crippen LogP contribution in [0, 0.1) is 10.3 Å². The van der Waals surface area contributed by atoms with Gasteiger partial charge in [-0.2, -0.15) is 0 Å². The van der Waals surface area contributed by atoms with Gasteiger partial charge in [0.2, 0.25) is 0 Å². The Morgan fingerprint density at radius 1 is 0.583 bits per heavy atom. The number of thiol groups is 2. The largest absolute Gasteiger partial charge is 0.292 e. The number of para-hydroxylation sites is 2. The molecule has 0 aliphatic rings. The van der Waals surface area contributed by atoms with Crippen LogP contribution in [-0.2, 0) is 11.5 Å². The van der Waals surface area contributed by atoms with Crippen molar-refractivity contribution in [2.45, 2.75) is 11.5 Å². The summed E-state index contributed by atoms with van der Waals surface area (Å²) in [6.45, 7) is 0. The lowest BCUT2D eigenvalue weighted by atomic mass is 10.2. The zero-order valence-corrected chi connectivity index (χ0v) is 24.8. The molecule has 0 atom stereocenters. The van der Waals surface area contributed by atoms with Crippen LogP contribution in [0.25, 0.3) is 0 Å². The third kappa shape index (κ3) is 10.1. The summed E-state index contributed by atoms with van der Waals surface area (Å²) in [5.41, 5.74) is 5.77. The van der Waals surface area contributed by atoms with E-state index in [1.807, 2.05) is 102 Å². The zero-order valence-electron chi connectivity index (χ0n) is 19.6. The molecule has 0 bridgehead atoms. The minimum absolute atomic E-state index is 0.816. The van der Waals surface area contributed by atoms with Crippen molar-refractivity contribution in [3.63, 3.8) is 0 Å². The van der Waals surface area contributed by atoms with E-state index in [9.17, 15) is 0 Å². The molecule has 0 radical (unpaired) electrons. The predicted octanol–water partition coefficient (Wildman–Crippen LogP) is 10.5. The molecule has 188 valence electrons. The molecule has 0 aliphatic heterocycles. The highest BCUT2D eigenvalue weighted by molar-refractivity contribution is 8.90. The van der Waals surface area contributed by atoms with E-state index in [1.165, 1.54) is 11.1 Å². The highest BCUT2D eigenvalue weighted by Crippen LogP contribution is 2.65. The number of nitrogens with two attached hydrogens (primary N) is 1. The summed E-state index contributed by atoms with van der Waals surface area (Å²) in [5, 5.41) is 16.4. The third-order valence-electron chi connectivity index (χ3n) is 4.81. The van der Waals surface area contributed by atoms with Gasteiger partial charge in [0, 0.05) is 22.9 Å². The van der Waals surface area contributed by atoms with Crippen LogP contribution in [0.4, 0.5) is 11.4 Å². The van der Waals surface area contributed by atoms with Gasteiger partial charge in [0.15, 0.2) is 5.61 Å². The standard InChI is InChI=1S/C14H17N2PS2.C12H13N2PS2/c15-17(16,18-11-13-7-3-1-4-8-13)19-12-14-9-5-2-6-10-14;13-15(16,17)14(11-7-3-1-4-8-11)12-9-5-2-6-10-12/h1-10H,11-12H2,(H3,15,16);1-10H,(H3,13,16,17). The summed E-state index contributed by atoms with van der Waals surface area (Å²) in [4.78, 5) is 0. The second-order valence-electron chi connectivity index (χ2n) is 7.67. The highest BCUT2D eigenvalue weighted by atomic mass is 33.1. The van der Waals surface area contributed by atoms with Gasteiger partial charge >= 0.3 is 0 Å². The maximum Gasteiger partial charge on any atom is 0.159 e. The van der Waals surface area contributed by atoms with Gasteiger partial charge < -0.3 is 0 Å². The molecule has 4 N–H and O–H groups in total. The molecule has 10 heteroatoms. The Balaban J connectivity index is 0.000000202. The van der Waals surface area contributed by atoms with Crippen LogP contribution in [-0.4, -0.2) is 0 Å². The molecule has 0 saturated heterocycles. The van der Waals surface area contributed by atoms with Gasteiger partial charge in [-0.15, -0.1) is 24.5 Å². The Kier molecular flexibility index (Phi) is 11.7. The van der Waals surface area contributed by atoms with Crippen molar-refractivity contribution in [2.75, 3.05) is 4.67 Å². The second-order valence-corrected chi connectivity index (χ2v) is 21.6. The quantitative estimate of drug-likeness (QED) is 0.0996. The molecule has 0 aromatic heterocycles. The van der Waals surface area contributed by atoms with Crippen LogP contribution in [0.2, 0.25) is 0 Å². The second kappa shape index (κ2) is 14.4. The van der Waals surface area contributed by atoms with E-state index in [4.69, 9.17) is 15.8 Å². The van der Waals surface area contributed by atoms with Gasteiger partial charge in [-0.1, -0.05) is 120 Å². The van der Waals surface area contributed by atoms with Crippen molar-refractivity contribution >= 4 is 69.9 Å². The fourth-order valence-corrected chi connectivity index (χ4v) is 10.3. The van der Waals surface area contributed by atoms with E-state index in [1.54, 1.807) is 22.8 Å². The number of rotatable bonds is 9. The minimum atomic E-state index is -2.50. The molecule has 0 amide bonds. The van der Waals surface area contributed by atoms with Gasteiger partial charge in [-0.05, 0) is 35.4 Å². The molecule has 0 unspecified atom stereocenters. The van der Waals surface area contributed by atoms with Crippen LogP contribution < -0.4 is 10.2 Å². The molecule has 0 spiro atoms. The van der Waals surface area contributed by atoms with Crippen LogP contribution in [0.5, 0.6) is 0 Å². The van der Waals surface area contributed by atoms with E-state index >= 15 is 0 Å². The minimum Gasteiger partial charge on any atom is -0.292 e. The molecule has 4 rings (SSSR count). The topological polar surface area (TPSA) is 77.0 Å². The van der Waals surface area contributed by atoms with Crippen LogP contribution in [0.3, 0.4) is 0 Å². The Bertz CT molecular complexity index is 1190. The average Bonchev–Trinajstić information content (AvgIpc) is 2.89. The van der Waals surface area contributed by atoms with Crippen molar-refractivity contribution in [1.29, 1.82) is 10.3 Å². The number of hydrogen-bond donors (Lipinski definition) is 5. The lowest BCUT2D eigenvalue weighted by molar-refractivity contribution is 1.40. The SMILES string of the molecule is N=P(N)(SCc1ccccc1)SCc1ccccc1.N=P(S)(S)N(c1ccccc1)c1ccccc1. The maximum atomic E-state index is 8.24. The Morgan fingerprint density at radius 3 is 1.19 bits per heavy atom.